The Balaban J connectivity index is 2.10. The van der Waals surface area contributed by atoms with Crippen LogP contribution in [0.1, 0.15) is 25.0 Å². The quantitative estimate of drug-likeness (QED) is 0.240. The molecule has 0 saturated carbocycles. The Morgan fingerprint density at radius 3 is 2.16 bits per heavy atom. The number of allylic oxidation sites excluding steroid dienone is 1. The van der Waals surface area contributed by atoms with E-state index in [0.717, 1.165) is 12.1 Å². The monoisotopic (exact) mass is 610 g/mol. The number of carboxylic acids is 1. The molecule has 1 N–H and O–H groups in total. The Morgan fingerprint density at radius 1 is 1.05 bits per heavy atom. The van der Waals surface area contributed by atoms with Crippen LogP contribution in [0.2, 0.25) is 0 Å². The summed E-state index contributed by atoms with van der Waals surface area (Å²) in [5.41, 5.74) is 0.914. The second kappa shape index (κ2) is 13.4. The van der Waals surface area contributed by atoms with Gasteiger partial charge in [-0.15, -0.1) is 26.3 Å². The number of hydrogen-bond acceptors (Lipinski definition) is 5. The molecule has 2 rings (SSSR count). The number of carboxylic acid groups (broad SMARTS) is 1. The van der Waals surface area contributed by atoms with E-state index in [-0.39, 0.29) is 25.2 Å². The van der Waals surface area contributed by atoms with Crippen LogP contribution in [-0.2, 0) is 16.0 Å². The molecule has 0 amide bonds. The van der Waals surface area contributed by atoms with Gasteiger partial charge in [0.2, 0.25) is 0 Å². The van der Waals surface area contributed by atoms with Gasteiger partial charge in [0.05, 0.1) is 4.47 Å². The van der Waals surface area contributed by atoms with E-state index >= 15 is 0 Å². The van der Waals surface area contributed by atoms with E-state index in [9.17, 15) is 36.2 Å². The minimum Gasteiger partial charge on any atom is -0.488 e. The zero-order valence-electron chi connectivity index (χ0n) is 19.9. The lowest BCUT2D eigenvalue weighted by Gasteiger charge is -2.13. The van der Waals surface area contributed by atoms with Crippen LogP contribution in [-0.4, -0.2) is 43.1 Å². The minimum absolute atomic E-state index is 0.0365. The van der Waals surface area contributed by atoms with E-state index in [1.165, 1.54) is 0 Å². The number of ether oxygens (including phenoxy) is 4. The maximum Gasteiger partial charge on any atom is 0.573 e. The molecule has 0 saturated heterocycles. The SMILES string of the molecule is CCOC(Cc1ccc(OCC=C(C)C#Cc2cc(OC(F)(F)F)cc(OC(F)(F)F)c2)c(Br)c1)C(=O)O. The highest BCUT2D eigenvalue weighted by molar-refractivity contribution is 9.10. The number of halogens is 7. The first-order chi connectivity index (χ1) is 17.6. The first-order valence-corrected chi connectivity index (χ1v) is 11.6. The average molecular weight is 611 g/mol. The Morgan fingerprint density at radius 2 is 1.66 bits per heavy atom. The lowest BCUT2D eigenvalue weighted by atomic mass is 10.1. The first-order valence-electron chi connectivity index (χ1n) is 10.8. The molecule has 0 aliphatic rings. The molecule has 0 radical (unpaired) electrons. The summed E-state index contributed by atoms with van der Waals surface area (Å²) in [6, 6.07) is 7.11. The molecule has 1 unspecified atom stereocenters. The fourth-order valence-corrected chi connectivity index (χ4v) is 3.47. The van der Waals surface area contributed by atoms with Crippen molar-refractivity contribution in [3.8, 4) is 29.1 Å². The number of aliphatic carboxylic acids is 1. The van der Waals surface area contributed by atoms with Gasteiger partial charge in [-0.2, -0.15) is 0 Å². The highest BCUT2D eigenvalue weighted by Crippen LogP contribution is 2.31. The molecule has 0 aliphatic heterocycles. The molecule has 0 bridgehead atoms. The molecule has 206 valence electrons. The molecular weight excluding hydrogens is 590 g/mol. The van der Waals surface area contributed by atoms with Crippen molar-refractivity contribution in [3.05, 3.63) is 63.6 Å². The fraction of sp³-hybridized carbons (Fsp3) is 0.320. The predicted octanol–water partition coefficient (Wildman–Crippen LogP) is 6.66. The maximum atomic E-state index is 12.5. The van der Waals surface area contributed by atoms with Gasteiger partial charge in [0, 0.05) is 24.7 Å². The van der Waals surface area contributed by atoms with Gasteiger partial charge in [0.1, 0.15) is 23.9 Å². The van der Waals surface area contributed by atoms with Gasteiger partial charge >= 0.3 is 18.7 Å². The molecule has 2 aromatic rings. The molecule has 13 heteroatoms. The van der Waals surface area contributed by atoms with Gasteiger partial charge in [0.15, 0.2) is 6.10 Å². The third kappa shape index (κ3) is 11.4. The van der Waals surface area contributed by atoms with Crippen LogP contribution in [0.5, 0.6) is 17.2 Å². The smallest absolute Gasteiger partial charge is 0.488 e. The summed E-state index contributed by atoms with van der Waals surface area (Å²) >= 11 is 3.35. The van der Waals surface area contributed by atoms with Crippen LogP contribution >= 0.6 is 15.9 Å². The third-order valence-electron chi connectivity index (χ3n) is 4.44. The van der Waals surface area contributed by atoms with E-state index in [1.54, 1.807) is 38.1 Å². The van der Waals surface area contributed by atoms with E-state index in [0.29, 0.717) is 27.4 Å². The average Bonchev–Trinajstić information content (AvgIpc) is 2.76. The van der Waals surface area contributed by atoms with Crippen LogP contribution in [0.3, 0.4) is 0 Å². The third-order valence-corrected chi connectivity index (χ3v) is 5.06. The Kier molecular flexibility index (Phi) is 10.9. The van der Waals surface area contributed by atoms with Crippen molar-refractivity contribution >= 4 is 21.9 Å². The van der Waals surface area contributed by atoms with Crippen molar-refractivity contribution in [3.63, 3.8) is 0 Å². The molecule has 2 aromatic carbocycles. The molecule has 38 heavy (non-hydrogen) atoms. The minimum atomic E-state index is -5.12. The lowest BCUT2D eigenvalue weighted by Crippen LogP contribution is -2.26. The van der Waals surface area contributed by atoms with Crippen LogP contribution in [0.4, 0.5) is 26.3 Å². The van der Waals surface area contributed by atoms with Crippen molar-refractivity contribution in [2.75, 3.05) is 13.2 Å². The van der Waals surface area contributed by atoms with Crippen LogP contribution in [0.25, 0.3) is 0 Å². The second-order valence-electron chi connectivity index (χ2n) is 7.49. The van der Waals surface area contributed by atoms with Gasteiger partial charge in [-0.05, 0) is 71.3 Å². The van der Waals surface area contributed by atoms with Crippen LogP contribution in [0, 0.1) is 11.8 Å². The first kappa shape index (κ1) is 30.9. The van der Waals surface area contributed by atoms with Crippen molar-refractivity contribution in [2.24, 2.45) is 0 Å². The lowest BCUT2D eigenvalue weighted by molar-refractivity contribution is -0.276. The molecule has 0 aliphatic carbocycles. The normalized spacial score (nSPS) is 12.8. The summed E-state index contributed by atoms with van der Waals surface area (Å²) in [7, 11) is 0. The molecule has 0 aromatic heterocycles. The highest BCUT2D eigenvalue weighted by atomic mass is 79.9. The second-order valence-corrected chi connectivity index (χ2v) is 8.34. The van der Waals surface area contributed by atoms with Crippen molar-refractivity contribution < 1.29 is 55.2 Å². The van der Waals surface area contributed by atoms with E-state index < -0.39 is 36.3 Å². The predicted molar refractivity (Wildman–Crippen MR) is 127 cm³/mol. The fourth-order valence-electron chi connectivity index (χ4n) is 2.93. The van der Waals surface area contributed by atoms with Gasteiger partial charge in [-0.25, -0.2) is 4.79 Å². The summed E-state index contributed by atoms with van der Waals surface area (Å²) in [5.74, 6) is 2.61. The zero-order chi connectivity index (χ0) is 28.5. The maximum absolute atomic E-state index is 12.5. The standard InChI is InChI=1S/C25H21BrF6O6/c1-3-35-22(23(33)34)13-17-6-7-21(20(26)12-17)36-9-8-15(2)4-5-16-10-18(37-24(27,28)29)14-19(11-16)38-25(30,31)32/h6-8,10-12,14,22H,3,9,13H2,1-2H3,(H,33,34). The Bertz CT molecular complexity index is 1180. The van der Waals surface area contributed by atoms with Crippen LogP contribution in [0.15, 0.2) is 52.5 Å². The highest BCUT2D eigenvalue weighted by Gasteiger charge is 2.33. The molecule has 0 spiro atoms. The largest absolute Gasteiger partial charge is 0.573 e. The number of alkyl halides is 6. The number of rotatable bonds is 10. The summed E-state index contributed by atoms with van der Waals surface area (Å²) in [4.78, 5) is 11.3. The van der Waals surface area contributed by atoms with Gasteiger partial charge in [-0.3, -0.25) is 0 Å². The van der Waals surface area contributed by atoms with E-state index in [1.807, 2.05) is 0 Å². The summed E-state index contributed by atoms with van der Waals surface area (Å²) in [6.07, 6.45) is -9.53. The Labute approximate surface area is 222 Å². The van der Waals surface area contributed by atoms with Crippen LogP contribution < -0.4 is 14.2 Å². The van der Waals surface area contributed by atoms with Gasteiger partial charge in [-0.1, -0.05) is 17.9 Å². The number of carbonyl (C=O) groups is 1. The van der Waals surface area contributed by atoms with Crippen molar-refractivity contribution in [1.82, 2.24) is 0 Å². The Hall–Kier alpha value is -3.37. The molecule has 6 nitrogen and oxygen atoms in total. The van der Waals surface area contributed by atoms with Gasteiger partial charge < -0.3 is 24.1 Å². The zero-order valence-corrected chi connectivity index (χ0v) is 21.5. The van der Waals surface area contributed by atoms with Gasteiger partial charge in [0.25, 0.3) is 0 Å². The van der Waals surface area contributed by atoms with Crippen molar-refractivity contribution in [2.45, 2.75) is 39.1 Å². The molecule has 0 heterocycles. The summed E-state index contributed by atoms with van der Waals surface area (Å²) in [5, 5.41) is 9.21. The molecule has 1 atom stereocenters. The number of benzene rings is 2. The number of hydrogen-bond donors (Lipinski definition) is 1. The summed E-state index contributed by atoms with van der Waals surface area (Å²) in [6.45, 7) is 3.55. The van der Waals surface area contributed by atoms with Crippen molar-refractivity contribution in [1.29, 1.82) is 0 Å². The molecule has 0 fully saturated rings. The van der Waals surface area contributed by atoms with E-state index in [2.05, 4.69) is 37.2 Å². The molecular formula is C25H21BrF6O6. The summed E-state index contributed by atoms with van der Waals surface area (Å²) < 4.78 is 93.9. The van der Waals surface area contributed by atoms with E-state index in [4.69, 9.17) is 9.47 Å². The topological polar surface area (TPSA) is 74.2 Å².